The average Bonchev–Trinajstić information content (AvgIpc) is 2.44. The molecule has 1 aromatic heterocycles. The van der Waals surface area contributed by atoms with Gasteiger partial charge in [0.25, 0.3) is 0 Å². The first-order chi connectivity index (χ1) is 9.29. The van der Waals surface area contributed by atoms with Crippen molar-refractivity contribution in [2.24, 2.45) is 0 Å². The molecule has 0 atom stereocenters. The van der Waals surface area contributed by atoms with Gasteiger partial charge in [0.05, 0.1) is 12.3 Å². The fourth-order valence-electron chi connectivity index (χ4n) is 1.69. The molecule has 3 nitrogen and oxygen atoms in total. The van der Waals surface area contributed by atoms with Gasteiger partial charge in [0, 0.05) is 24.1 Å². The highest BCUT2D eigenvalue weighted by molar-refractivity contribution is 9.10. The van der Waals surface area contributed by atoms with Gasteiger partial charge < -0.3 is 9.47 Å². The standard InChI is InChI=1S/C15H16BrNO2/c1-18-9-10-19-15-8-7-13(16)14(17-15)11-12-5-3-2-4-6-12/h2-8H,9-11H2,1H3. The maximum Gasteiger partial charge on any atom is 0.213 e. The predicted molar refractivity (Wildman–Crippen MR) is 78.6 cm³/mol. The topological polar surface area (TPSA) is 31.4 Å². The van der Waals surface area contributed by atoms with Crippen LogP contribution in [0.3, 0.4) is 0 Å². The zero-order chi connectivity index (χ0) is 13.5. The highest BCUT2D eigenvalue weighted by Gasteiger charge is 2.05. The van der Waals surface area contributed by atoms with Crippen molar-refractivity contribution in [2.75, 3.05) is 20.3 Å². The molecule has 19 heavy (non-hydrogen) atoms. The van der Waals surface area contributed by atoms with Crippen LogP contribution < -0.4 is 4.74 Å². The molecule has 2 aromatic rings. The lowest BCUT2D eigenvalue weighted by Crippen LogP contribution is -2.06. The number of nitrogens with zero attached hydrogens (tertiary/aromatic N) is 1. The Morgan fingerprint density at radius 3 is 2.58 bits per heavy atom. The van der Waals surface area contributed by atoms with Crippen LogP contribution in [0.1, 0.15) is 11.3 Å². The zero-order valence-corrected chi connectivity index (χ0v) is 12.4. The molecule has 0 bridgehead atoms. The fourth-order valence-corrected chi connectivity index (χ4v) is 2.05. The lowest BCUT2D eigenvalue weighted by atomic mass is 10.1. The van der Waals surface area contributed by atoms with Crippen LogP contribution in [0.15, 0.2) is 46.9 Å². The molecule has 0 aliphatic carbocycles. The van der Waals surface area contributed by atoms with Gasteiger partial charge >= 0.3 is 0 Å². The van der Waals surface area contributed by atoms with Crippen molar-refractivity contribution >= 4 is 15.9 Å². The van der Waals surface area contributed by atoms with Crippen LogP contribution in [0.5, 0.6) is 5.88 Å². The van der Waals surface area contributed by atoms with Crippen molar-refractivity contribution in [3.8, 4) is 5.88 Å². The smallest absolute Gasteiger partial charge is 0.213 e. The van der Waals surface area contributed by atoms with Crippen molar-refractivity contribution in [1.82, 2.24) is 4.98 Å². The van der Waals surface area contributed by atoms with Gasteiger partial charge in [-0.3, -0.25) is 0 Å². The summed E-state index contributed by atoms with van der Waals surface area (Å²) in [5.41, 5.74) is 2.20. The van der Waals surface area contributed by atoms with Crippen molar-refractivity contribution in [2.45, 2.75) is 6.42 Å². The largest absolute Gasteiger partial charge is 0.475 e. The third-order valence-corrected chi connectivity index (χ3v) is 3.37. The number of methoxy groups -OCH3 is 1. The van der Waals surface area contributed by atoms with Gasteiger partial charge in [0.1, 0.15) is 6.61 Å². The van der Waals surface area contributed by atoms with E-state index in [1.807, 2.05) is 30.3 Å². The Morgan fingerprint density at radius 1 is 1.05 bits per heavy atom. The highest BCUT2D eigenvalue weighted by Crippen LogP contribution is 2.21. The normalized spacial score (nSPS) is 10.4. The summed E-state index contributed by atoms with van der Waals surface area (Å²) in [6, 6.07) is 14.1. The van der Waals surface area contributed by atoms with Crippen LogP contribution in [0.2, 0.25) is 0 Å². The molecule has 2 rings (SSSR count). The zero-order valence-electron chi connectivity index (χ0n) is 10.8. The van der Waals surface area contributed by atoms with E-state index in [4.69, 9.17) is 9.47 Å². The molecule has 0 N–H and O–H groups in total. The number of hydrogen-bond donors (Lipinski definition) is 0. The molecule has 0 spiro atoms. The molecule has 1 aromatic carbocycles. The van der Waals surface area contributed by atoms with E-state index in [0.29, 0.717) is 19.1 Å². The second-order valence-electron chi connectivity index (χ2n) is 4.08. The summed E-state index contributed by atoms with van der Waals surface area (Å²) in [5, 5.41) is 0. The van der Waals surface area contributed by atoms with E-state index in [-0.39, 0.29) is 0 Å². The predicted octanol–water partition coefficient (Wildman–Crippen LogP) is 3.46. The minimum absolute atomic E-state index is 0.510. The van der Waals surface area contributed by atoms with E-state index in [1.54, 1.807) is 7.11 Å². The van der Waals surface area contributed by atoms with Crippen LogP contribution in [-0.2, 0) is 11.2 Å². The van der Waals surface area contributed by atoms with Gasteiger partial charge in [-0.25, -0.2) is 4.98 Å². The molecule has 0 aliphatic heterocycles. The summed E-state index contributed by atoms with van der Waals surface area (Å²) in [7, 11) is 1.65. The Labute approximate surface area is 121 Å². The molecule has 0 saturated carbocycles. The van der Waals surface area contributed by atoms with Crippen LogP contribution in [0, 0.1) is 0 Å². The highest BCUT2D eigenvalue weighted by atomic mass is 79.9. The monoisotopic (exact) mass is 321 g/mol. The number of pyridine rings is 1. The number of aromatic nitrogens is 1. The molecular weight excluding hydrogens is 306 g/mol. The van der Waals surface area contributed by atoms with Crippen LogP contribution in [0.25, 0.3) is 0 Å². The van der Waals surface area contributed by atoms with E-state index in [2.05, 4.69) is 33.0 Å². The first-order valence-electron chi connectivity index (χ1n) is 6.10. The summed E-state index contributed by atoms with van der Waals surface area (Å²) in [6.07, 6.45) is 0.781. The summed E-state index contributed by atoms with van der Waals surface area (Å²) in [4.78, 5) is 4.51. The van der Waals surface area contributed by atoms with Gasteiger partial charge in [0.2, 0.25) is 5.88 Å². The number of hydrogen-bond acceptors (Lipinski definition) is 3. The van der Waals surface area contributed by atoms with E-state index < -0.39 is 0 Å². The second-order valence-corrected chi connectivity index (χ2v) is 4.94. The molecule has 0 radical (unpaired) electrons. The lowest BCUT2D eigenvalue weighted by molar-refractivity contribution is 0.143. The average molecular weight is 322 g/mol. The van der Waals surface area contributed by atoms with Gasteiger partial charge in [-0.2, -0.15) is 0 Å². The van der Waals surface area contributed by atoms with E-state index in [9.17, 15) is 0 Å². The Hall–Kier alpha value is -1.39. The summed E-state index contributed by atoms with van der Waals surface area (Å²) >= 11 is 3.53. The molecular formula is C15H16BrNO2. The van der Waals surface area contributed by atoms with Gasteiger partial charge in [0.15, 0.2) is 0 Å². The molecule has 0 fully saturated rings. The molecule has 100 valence electrons. The SMILES string of the molecule is COCCOc1ccc(Br)c(Cc2ccccc2)n1. The Morgan fingerprint density at radius 2 is 1.84 bits per heavy atom. The Bertz CT molecular complexity index is 517. The van der Waals surface area contributed by atoms with Gasteiger partial charge in [-0.15, -0.1) is 0 Å². The molecule has 4 heteroatoms. The first kappa shape index (κ1) is 14.0. The first-order valence-corrected chi connectivity index (χ1v) is 6.90. The number of rotatable bonds is 6. The summed E-state index contributed by atoms with van der Waals surface area (Å²) in [6.45, 7) is 1.07. The Balaban J connectivity index is 2.09. The summed E-state index contributed by atoms with van der Waals surface area (Å²) in [5.74, 6) is 0.631. The van der Waals surface area contributed by atoms with Crippen LogP contribution >= 0.6 is 15.9 Å². The van der Waals surface area contributed by atoms with E-state index in [0.717, 1.165) is 16.6 Å². The maximum atomic E-state index is 5.52. The van der Waals surface area contributed by atoms with E-state index >= 15 is 0 Å². The maximum absolute atomic E-state index is 5.52. The molecule has 0 amide bonds. The molecule has 0 saturated heterocycles. The summed E-state index contributed by atoms with van der Waals surface area (Å²) < 4.78 is 11.5. The van der Waals surface area contributed by atoms with Gasteiger partial charge in [-0.1, -0.05) is 30.3 Å². The lowest BCUT2D eigenvalue weighted by Gasteiger charge is -2.08. The third-order valence-electron chi connectivity index (χ3n) is 2.64. The number of benzene rings is 1. The molecule has 0 unspecified atom stereocenters. The fraction of sp³-hybridized carbons (Fsp3) is 0.267. The van der Waals surface area contributed by atoms with E-state index in [1.165, 1.54) is 5.56 Å². The minimum Gasteiger partial charge on any atom is -0.475 e. The second kappa shape index (κ2) is 7.26. The third kappa shape index (κ3) is 4.33. The Kier molecular flexibility index (Phi) is 5.36. The minimum atomic E-state index is 0.510. The number of halogens is 1. The number of ether oxygens (including phenoxy) is 2. The van der Waals surface area contributed by atoms with Crippen molar-refractivity contribution in [3.63, 3.8) is 0 Å². The van der Waals surface area contributed by atoms with Crippen molar-refractivity contribution < 1.29 is 9.47 Å². The van der Waals surface area contributed by atoms with Crippen LogP contribution in [-0.4, -0.2) is 25.3 Å². The molecule has 0 aliphatic rings. The van der Waals surface area contributed by atoms with Crippen molar-refractivity contribution in [1.29, 1.82) is 0 Å². The molecule has 1 heterocycles. The quantitative estimate of drug-likeness (QED) is 0.763. The van der Waals surface area contributed by atoms with Crippen molar-refractivity contribution in [3.05, 3.63) is 58.2 Å². The van der Waals surface area contributed by atoms with Crippen LogP contribution in [0.4, 0.5) is 0 Å². The van der Waals surface area contributed by atoms with Gasteiger partial charge in [-0.05, 0) is 27.6 Å².